The van der Waals surface area contributed by atoms with Gasteiger partial charge < -0.3 is 19.5 Å². The van der Waals surface area contributed by atoms with E-state index in [0.717, 1.165) is 37.2 Å². The fraction of sp³-hybridized carbons (Fsp3) is 0.409. The van der Waals surface area contributed by atoms with Gasteiger partial charge in [-0.15, -0.1) is 0 Å². The molecule has 0 bridgehead atoms. The standard InChI is InChI=1S/C22H24N4O3/c27-19-11-14(13-26-9-8-23-21(26)16-4-2-1-3-5-16)10-18(19)25-22(28)17-12-24-29-20(17)15-6-7-15/h1-5,8-9,12,14-15,18-19,27H,6-7,10-11,13H2,(H,25,28)/t14?,18-,19-/m1/s1. The average molecular weight is 392 g/mol. The Hall–Kier alpha value is -2.93. The Bertz CT molecular complexity index is 992. The van der Waals surface area contributed by atoms with Gasteiger partial charge in [0.2, 0.25) is 0 Å². The highest BCUT2D eigenvalue weighted by Crippen LogP contribution is 2.41. The van der Waals surface area contributed by atoms with Crippen molar-refractivity contribution >= 4 is 5.91 Å². The highest BCUT2D eigenvalue weighted by Gasteiger charge is 2.37. The third-order valence-electron chi connectivity index (χ3n) is 5.94. The van der Waals surface area contributed by atoms with Crippen LogP contribution in [0.3, 0.4) is 0 Å². The number of hydrogen-bond acceptors (Lipinski definition) is 5. The Kier molecular flexibility index (Phi) is 4.67. The zero-order valence-corrected chi connectivity index (χ0v) is 16.1. The zero-order valence-electron chi connectivity index (χ0n) is 16.1. The number of amides is 1. The smallest absolute Gasteiger partial charge is 0.256 e. The number of carbonyl (C=O) groups is 1. The molecule has 0 saturated heterocycles. The second kappa shape index (κ2) is 7.48. The number of imidazole rings is 1. The van der Waals surface area contributed by atoms with Crippen LogP contribution in [0.2, 0.25) is 0 Å². The fourth-order valence-electron chi connectivity index (χ4n) is 4.31. The SMILES string of the molecule is O=C(N[C@@H]1CC(Cn2ccnc2-c2ccccc2)C[C@H]1O)c1cnoc1C1CC1. The number of aliphatic hydroxyl groups excluding tert-OH is 1. The maximum absolute atomic E-state index is 12.7. The normalized spacial score (nSPS) is 24.0. The number of aromatic nitrogens is 3. The monoisotopic (exact) mass is 392 g/mol. The lowest BCUT2D eigenvalue weighted by atomic mass is 10.1. The van der Waals surface area contributed by atoms with Crippen LogP contribution in [0.5, 0.6) is 0 Å². The number of carbonyl (C=O) groups excluding carboxylic acids is 1. The average Bonchev–Trinajstić information content (AvgIpc) is 3.12. The van der Waals surface area contributed by atoms with E-state index >= 15 is 0 Å². The van der Waals surface area contributed by atoms with Crippen LogP contribution in [0.15, 0.2) is 53.4 Å². The minimum atomic E-state index is -0.558. The lowest BCUT2D eigenvalue weighted by Crippen LogP contribution is -2.40. The first kappa shape index (κ1) is 18.1. The van der Waals surface area contributed by atoms with Gasteiger partial charge in [0, 0.05) is 30.4 Å². The Morgan fingerprint density at radius 2 is 2.07 bits per heavy atom. The van der Waals surface area contributed by atoms with Crippen molar-refractivity contribution in [2.75, 3.05) is 0 Å². The molecule has 1 aromatic carbocycles. The lowest BCUT2D eigenvalue weighted by molar-refractivity contribution is 0.0870. The molecule has 0 aliphatic heterocycles. The van der Waals surface area contributed by atoms with Crippen LogP contribution in [0.4, 0.5) is 0 Å². The Labute approximate surface area is 168 Å². The highest BCUT2D eigenvalue weighted by molar-refractivity contribution is 5.95. The van der Waals surface area contributed by atoms with Crippen molar-refractivity contribution < 1.29 is 14.4 Å². The van der Waals surface area contributed by atoms with Crippen molar-refractivity contribution in [3.8, 4) is 11.4 Å². The number of nitrogens with zero attached hydrogens (tertiary/aromatic N) is 3. The van der Waals surface area contributed by atoms with Crippen LogP contribution < -0.4 is 5.32 Å². The van der Waals surface area contributed by atoms with Crippen LogP contribution in [0.25, 0.3) is 11.4 Å². The predicted octanol–water partition coefficient (Wildman–Crippen LogP) is 2.99. The van der Waals surface area contributed by atoms with Gasteiger partial charge in [0.1, 0.15) is 11.4 Å². The molecule has 1 amide bonds. The molecule has 7 nitrogen and oxygen atoms in total. The van der Waals surface area contributed by atoms with E-state index in [1.807, 2.05) is 36.5 Å². The molecular formula is C22H24N4O3. The van der Waals surface area contributed by atoms with Gasteiger partial charge in [-0.05, 0) is 31.6 Å². The van der Waals surface area contributed by atoms with Crippen LogP contribution in [0.1, 0.15) is 47.7 Å². The van der Waals surface area contributed by atoms with Gasteiger partial charge in [0.05, 0.1) is 18.3 Å². The number of hydrogen-bond donors (Lipinski definition) is 2. The van der Waals surface area contributed by atoms with Gasteiger partial charge in [0.25, 0.3) is 5.91 Å². The molecular weight excluding hydrogens is 368 g/mol. The van der Waals surface area contributed by atoms with Crippen molar-refractivity contribution in [2.24, 2.45) is 5.92 Å². The first-order valence-electron chi connectivity index (χ1n) is 10.2. The van der Waals surface area contributed by atoms with E-state index in [2.05, 4.69) is 20.0 Å². The van der Waals surface area contributed by atoms with Crippen molar-refractivity contribution in [1.29, 1.82) is 0 Å². The van der Waals surface area contributed by atoms with Crippen LogP contribution >= 0.6 is 0 Å². The topological polar surface area (TPSA) is 93.2 Å². The summed E-state index contributed by atoms with van der Waals surface area (Å²) < 4.78 is 7.39. The summed E-state index contributed by atoms with van der Waals surface area (Å²) in [5.74, 6) is 1.98. The summed E-state index contributed by atoms with van der Waals surface area (Å²) in [4.78, 5) is 17.2. The second-order valence-corrected chi connectivity index (χ2v) is 8.13. The molecule has 0 spiro atoms. The minimum absolute atomic E-state index is 0.203. The molecule has 2 N–H and O–H groups in total. The van der Waals surface area contributed by atoms with Crippen LogP contribution in [-0.4, -0.2) is 37.9 Å². The van der Waals surface area contributed by atoms with E-state index in [9.17, 15) is 9.90 Å². The third kappa shape index (κ3) is 3.70. The first-order valence-corrected chi connectivity index (χ1v) is 10.2. The maximum Gasteiger partial charge on any atom is 0.256 e. The van der Waals surface area contributed by atoms with E-state index in [1.165, 1.54) is 6.20 Å². The summed E-state index contributed by atoms with van der Waals surface area (Å²) in [5.41, 5.74) is 1.57. The Morgan fingerprint density at radius 3 is 2.86 bits per heavy atom. The Morgan fingerprint density at radius 1 is 1.24 bits per heavy atom. The van der Waals surface area contributed by atoms with Crippen LogP contribution in [0, 0.1) is 5.92 Å². The highest BCUT2D eigenvalue weighted by atomic mass is 16.5. The molecule has 2 aromatic heterocycles. The zero-order chi connectivity index (χ0) is 19.8. The molecule has 5 rings (SSSR count). The fourth-order valence-corrected chi connectivity index (χ4v) is 4.31. The second-order valence-electron chi connectivity index (χ2n) is 8.13. The molecule has 1 unspecified atom stereocenters. The Balaban J connectivity index is 1.24. The van der Waals surface area contributed by atoms with Gasteiger partial charge in [-0.1, -0.05) is 35.5 Å². The quantitative estimate of drug-likeness (QED) is 0.673. The third-order valence-corrected chi connectivity index (χ3v) is 5.94. The van der Waals surface area contributed by atoms with E-state index < -0.39 is 6.10 Å². The number of aliphatic hydroxyl groups is 1. The van der Waals surface area contributed by atoms with Crippen molar-refractivity contribution in [3.05, 3.63) is 60.2 Å². The summed E-state index contributed by atoms with van der Waals surface area (Å²) in [7, 11) is 0. The minimum Gasteiger partial charge on any atom is -0.391 e. The number of nitrogens with one attached hydrogen (secondary N) is 1. The maximum atomic E-state index is 12.7. The van der Waals surface area contributed by atoms with Gasteiger partial charge in [0.15, 0.2) is 5.76 Å². The molecule has 0 radical (unpaired) electrons. The van der Waals surface area contributed by atoms with Gasteiger partial charge in [-0.2, -0.15) is 0 Å². The van der Waals surface area contributed by atoms with Gasteiger partial charge >= 0.3 is 0 Å². The van der Waals surface area contributed by atoms with E-state index in [1.54, 1.807) is 6.20 Å². The molecule has 2 aliphatic carbocycles. The first-order chi connectivity index (χ1) is 14.2. The molecule has 2 aliphatic rings. The van der Waals surface area contributed by atoms with E-state index in [-0.39, 0.29) is 17.9 Å². The summed E-state index contributed by atoms with van der Waals surface area (Å²) in [5, 5.41) is 17.3. The molecule has 2 saturated carbocycles. The molecule has 150 valence electrons. The summed E-state index contributed by atoms with van der Waals surface area (Å²) in [6, 6.07) is 9.81. The van der Waals surface area contributed by atoms with Gasteiger partial charge in [-0.3, -0.25) is 4.79 Å². The summed E-state index contributed by atoms with van der Waals surface area (Å²) in [6.07, 6.45) is 8.16. The molecule has 3 atom stereocenters. The van der Waals surface area contributed by atoms with E-state index in [0.29, 0.717) is 23.7 Å². The van der Waals surface area contributed by atoms with Crippen LogP contribution in [-0.2, 0) is 6.54 Å². The molecule has 29 heavy (non-hydrogen) atoms. The van der Waals surface area contributed by atoms with E-state index in [4.69, 9.17) is 4.52 Å². The lowest BCUT2D eigenvalue weighted by Gasteiger charge is -2.16. The number of benzene rings is 1. The molecule has 2 fully saturated rings. The van der Waals surface area contributed by atoms with Crippen molar-refractivity contribution in [2.45, 2.75) is 50.3 Å². The molecule has 2 heterocycles. The number of rotatable bonds is 6. The summed E-state index contributed by atoms with van der Waals surface area (Å²) >= 11 is 0. The molecule has 7 heteroatoms. The van der Waals surface area contributed by atoms with Gasteiger partial charge in [-0.25, -0.2) is 4.98 Å². The summed E-state index contributed by atoms with van der Waals surface area (Å²) in [6.45, 7) is 0.758. The predicted molar refractivity (Wildman–Crippen MR) is 106 cm³/mol. The molecule has 3 aromatic rings. The van der Waals surface area contributed by atoms with Crippen molar-refractivity contribution in [3.63, 3.8) is 0 Å². The largest absolute Gasteiger partial charge is 0.391 e. The van der Waals surface area contributed by atoms with Crippen molar-refractivity contribution in [1.82, 2.24) is 20.0 Å².